The van der Waals surface area contributed by atoms with E-state index in [-0.39, 0.29) is 5.56 Å². The van der Waals surface area contributed by atoms with E-state index in [9.17, 15) is 4.79 Å². The highest BCUT2D eigenvalue weighted by Crippen LogP contribution is 2.26. The summed E-state index contributed by atoms with van der Waals surface area (Å²) >= 11 is 0. The predicted molar refractivity (Wildman–Crippen MR) is 101 cm³/mol. The SMILES string of the molecule is Cn1cc(-c2ccccc2)c2ncn(CCc3ccccc3)c(=O)c21. The van der Waals surface area contributed by atoms with Gasteiger partial charge in [-0.1, -0.05) is 60.7 Å². The summed E-state index contributed by atoms with van der Waals surface area (Å²) in [4.78, 5) is 17.5. The minimum absolute atomic E-state index is 0.00520. The minimum atomic E-state index is 0.00520. The van der Waals surface area contributed by atoms with Crippen molar-refractivity contribution in [3.05, 3.63) is 89.1 Å². The molecule has 0 bridgehead atoms. The average Bonchev–Trinajstić information content (AvgIpc) is 3.00. The summed E-state index contributed by atoms with van der Waals surface area (Å²) in [5.41, 5.74) is 4.69. The van der Waals surface area contributed by atoms with Crippen molar-refractivity contribution in [3.8, 4) is 11.1 Å². The van der Waals surface area contributed by atoms with E-state index in [4.69, 9.17) is 0 Å². The molecule has 4 aromatic rings. The number of hydrogen-bond acceptors (Lipinski definition) is 2. The van der Waals surface area contributed by atoms with Crippen molar-refractivity contribution in [1.29, 1.82) is 0 Å². The van der Waals surface area contributed by atoms with Crippen LogP contribution in [0.3, 0.4) is 0 Å². The van der Waals surface area contributed by atoms with Crippen LogP contribution in [0, 0.1) is 0 Å². The third-order valence-corrected chi connectivity index (χ3v) is 4.51. The number of fused-ring (bicyclic) bond motifs is 1. The zero-order valence-electron chi connectivity index (χ0n) is 14.1. The molecule has 0 saturated heterocycles. The lowest BCUT2D eigenvalue weighted by molar-refractivity contribution is 0.659. The van der Waals surface area contributed by atoms with Crippen LogP contribution < -0.4 is 5.56 Å². The molecule has 0 spiro atoms. The van der Waals surface area contributed by atoms with E-state index in [0.717, 1.165) is 23.1 Å². The first-order valence-electron chi connectivity index (χ1n) is 8.38. The van der Waals surface area contributed by atoms with Gasteiger partial charge in [0.2, 0.25) is 0 Å². The van der Waals surface area contributed by atoms with Gasteiger partial charge in [0.15, 0.2) is 0 Å². The normalized spacial score (nSPS) is 11.1. The van der Waals surface area contributed by atoms with Crippen molar-refractivity contribution >= 4 is 11.0 Å². The Balaban J connectivity index is 1.74. The fourth-order valence-electron chi connectivity index (χ4n) is 3.20. The summed E-state index contributed by atoms with van der Waals surface area (Å²) in [5.74, 6) is 0. The van der Waals surface area contributed by atoms with Crippen LogP contribution in [0.25, 0.3) is 22.2 Å². The molecule has 0 aliphatic heterocycles. The lowest BCUT2D eigenvalue weighted by Crippen LogP contribution is -2.22. The zero-order chi connectivity index (χ0) is 17.2. The van der Waals surface area contributed by atoms with E-state index in [1.807, 2.05) is 66.3 Å². The topological polar surface area (TPSA) is 39.8 Å². The highest BCUT2D eigenvalue weighted by atomic mass is 16.1. The lowest BCUT2D eigenvalue weighted by Gasteiger charge is -2.06. The van der Waals surface area contributed by atoms with E-state index >= 15 is 0 Å². The van der Waals surface area contributed by atoms with Gasteiger partial charge >= 0.3 is 0 Å². The Morgan fingerprint density at radius 3 is 2.36 bits per heavy atom. The second-order valence-corrected chi connectivity index (χ2v) is 6.20. The van der Waals surface area contributed by atoms with Crippen molar-refractivity contribution < 1.29 is 0 Å². The highest BCUT2D eigenvalue weighted by Gasteiger charge is 2.14. The molecule has 4 heteroatoms. The van der Waals surface area contributed by atoms with Gasteiger partial charge in [-0.3, -0.25) is 9.36 Å². The van der Waals surface area contributed by atoms with Crippen LogP contribution in [0.15, 0.2) is 78.0 Å². The summed E-state index contributed by atoms with van der Waals surface area (Å²) in [5, 5.41) is 0. The van der Waals surface area contributed by atoms with E-state index in [2.05, 4.69) is 17.1 Å². The van der Waals surface area contributed by atoms with Crippen LogP contribution in [-0.4, -0.2) is 14.1 Å². The maximum Gasteiger partial charge on any atom is 0.277 e. The molecular weight excluding hydrogens is 310 g/mol. The molecule has 0 N–H and O–H groups in total. The molecule has 0 aliphatic carbocycles. The van der Waals surface area contributed by atoms with Gasteiger partial charge in [-0.05, 0) is 17.5 Å². The standard InChI is InChI=1S/C21H19N3O/c1-23-14-18(17-10-6-3-7-11-17)19-20(23)21(25)24(15-22-19)13-12-16-8-4-2-5-9-16/h2-11,14-15H,12-13H2,1H3. The Labute approximate surface area is 146 Å². The van der Waals surface area contributed by atoms with Crippen LogP contribution in [0.1, 0.15) is 5.56 Å². The molecule has 0 unspecified atom stereocenters. The highest BCUT2D eigenvalue weighted by molar-refractivity contribution is 5.92. The first kappa shape index (κ1) is 15.4. The third-order valence-electron chi connectivity index (χ3n) is 4.51. The smallest absolute Gasteiger partial charge is 0.277 e. The monoisotopic (exact) mass is 329 g/mol. The van der Waals surface area contributed by atoms with Gasteiger partial charge in [0.05, 0.1) is 6.33 Å². The third kappa shape index (κ3) is 2.87. The van der Waals surface area contributed by atoms with Gasteiger partial charge in [-0.25, -0.2) is 4.98 Å². The maximum atomic E-state index is 12.9. The van der Waals surface area contributed by atoms with E-state index in [1.165, 1.54) is 5.56 Å². The lowest BCUT2D eigenvalue weighted by atomic mass is 10.1. The van der Waals surface area contributed by atoms with Crippen molar-refractivity contribution in [1.82, 2.24) is 14.1 Å². The molecule has 0 atom stereocenters. The second kappa shape index (κ2) is 6.40. The van der Waals surface area contributed by atoms with Gasteiger partial charge in [0.25, 0.3) is 5.56 Å². The molecule has 4 nitrogen and oxygen atoms in total. The van der Waals surface area contributed by atoms with Gasteiger partial charge in [-0.15, -0.1) is 0 Å². The second-order valence-electron chi connectivity index (χ2n) is 6.20. The van der Waals surface area contributed by atoms with Crippen LogP contribution in [0.5, 0.6) is 0 Å². The Morgan fingerprint density at radius 2 is 1.64 bits per heavy atom. The first-order chi connectivity index (χ1) is 12.2. The quantitative estimate of drug-likeness (QED) is 0.573. The van der Waals surface area contributed by atoms with Gasteiger partial charge in [0, 0.05) is 25.4 Å². The number of rotatable bonds is 4. The molecule has 124 valence electrons. The van der Waals surface area contributed by atoms with Crippen LogP contribution >= 0.6 is 0 Å². The largest absolute Gasteiger partial charge is 0.344 e. The number of hydrogen-bond donors (Lipinski definition) is 0. The molecule has 0 aliphatic rings. The van der Waals surface area contributed by atoms with Gasteiger partial charge in [0.1, 0.15) is 11.0 Å². The van der Waals surface area contributed by atoms with Gasteiger partial charge < -0.3 is 4.57 Å². The first-order valence-corrected chi connectivity index (χ1v) is 8.38. The molecule has 0 fully saturated rings. The van der Waals surface area contributed by atoms with Crippen molar-refractivity contribution in [3.63, 3.8) is 0 Å². The molecule has 2 heterocycles. The van der Waals surface area contributed by atoms with Crippen molar-refractivity contribution in [2.24, 2.45) is 7.05 Å². The van der Waals surface area contributed by atoms with Crippen LogP contribution in [0.4, 0.5) is 0 Å². The molecular formula is C21H19N3O. The van der Waals surface area contributed by atoms with E-state index in [1.54, 1.807) is 10.9 Å². The number of benzene rings is 2. The summed E-state index contributed by atoms with van der Waals surface area (Å²) < 4.78 is 3.58. The minimum Gasteiger partial charge on any atom is -0.344 e. The summed E-state index contributed by atoms with van der Waals surface area (Å²) in [6, 6.07) is 20.2. The van der Waals surface area contributed by atoms with E-state index < -0.39 is 0 Å². The summed E-state index contributed by atoms with van der Waals surface area (Å²) in [6.45, 7) is 0.623. The van der Waals surface area contributed by atoms with Crippen molar-refractivity contribution in [2.75, 3.05) is 0 Å². The summed E-state index contributed by atoms with van der Waals surface area (Å²) in [7, 11) is 1.90. The molecule has 2 aromatic carbocycles. The molecule has 0 radical (unpaired) electrons. The Bertz CT molecular complexity index is 1060. The Hall–Kier alpha value is -3.14. The van der Waals surface area contributed by atoms with Crippen LogP contribution in [-0.2, 0) is 20.0 Å². The zero-order valence-corrected chi connectivity index (χ0v) is 14.1. The average molecular weight is 329 g/mol. The number of aromatic nitrogens is 3. The fourth-order valence-corrected chi connectivity index (χ4v) is 3.20. The maximum absolute atomic E-state index is 12.9. The molecule has 0 saturated carbocycles. The van der Waals surface area contributed by atoms with Crippen LogP contribution in [0.2, 0.25) is 0 Å². The molecule has 0 amide bonds. The number of aryl methyl sites for hydroxylation is 3. The Morgan fingerprint density at radius 1 is 0.960 bits per heavy atom. The Kier molecular flexibility index (Phi) is 3.94. The molecule has 2 aromatic heterocycles. The number of nitrogens with zero attached hydrogens (tertiary/aromatic N) is 3. The molecule has 25 heavy (non-hydrogen) atoms. The van der Waals surface area contributed by atoms with Crippen molar-refractivity contribution in [2.45, 2.75) is 13.0 Å². The van der Waals surface area contributed by atoms with Gasteiger partial charge in [-0.2, -0.15) is 0 Å². The molecule has 4 rings (SSSR count). The van der Waals surface area contributed by atoms with E-state index in [0.29, 0.717) is 12.1 Å². The summed E-state index contributed by atoms with van der Waals surface area (Å²) in [6.07, 6.45) is 4.46. The predicted octanol–water partition coefficient (Wildman–Crippen LogP) is 3.64. The fraction of sp³-hybridized carbons (Fsp3) is 0.143.